The summed E-state index contributed by atoms with van der Waals surface area (Å²) in [5.74, 6) is 0.122. The first-order chi connectivity index (χ1) is 24.0. The Labute approximate surface area is 296 Å². The number of piperidine rings is 1. The van der Waals surface area contributed by atoms with Gasteiger partial charge in [-0.2, -0.15) is 0 Å². The van der Waals surface area contributed by atoms with Gasteiger partial charge in [0.05, 0.1) is 24.9 Å². The number of nitrogens with one attached hydrogen (secondary N) is 3. The van der Waals surface area contributed by atoms with E-state index in [4.69, 9.17) is 14.7 Å². The first kappa shape index (κ1) is 37.9. The van der Waals surface area contributed by atoms with Gasteiger partial charge in [0.15, 0.2) is 6.29 Å². The first-order valence-corrected chi connectivity index (χ1v) is 18.4. The van der Waals surface area contributed by atoms with Gasteiger partial charge in [-0.05, 0) is 88.5 Å². The van der Waals surface area contributed by atoms with Crippen molar-refractivity contribution < 1.29 is 34.2 Å². The van der Waals surface area contributed by atoms with E-state index in [2.05, 4.69) is 15.5 Å². The molecule has 2 heterocycles. The number of hydroxylamine groups is 1. The standard InChI is InChI=1S/C39H56N4O7/c1-39(2,3)41-37(47)33-21-20-27-10-7-8-13-32(27)43(33)24-31-23-34(28-18-16-26(25-44)17-19-28)50-38(49-31)29-11-9-12-30(22-29)40-35(45)14-5-4-6-15-36(46)42-48/h9,11-12,16-19,22,27,31-34,38,44,48H,4-8,10,13-15,20-21,23-25H2,1-3H3,(H,40,45)(H,41,47)(H,42,46)/t27-,31-,32-,33-,34+,38+/m1/s1. The van der Waals surface area contributed by atoms with Crippen LogP contribution in [0.5, 0.6) is 0 Å². The molecule has 5 N–H and O–H groups in total. The zero-order valence-corrected chi connectivity index (χ0v) is 29.9. The number of unbranched alkanes of at least 4 members (excludes halogenated alkanes) is 2. The number of hydrogen-bond acceptors (Lipinski definition) is 8. The molecule has 6 atom stereocenters. The van der Waals surface area contributed by atoms with Crippen molar-refractivity contribution in [2.24, 2.45) is 5.92 Å². The van der Waals surface area contributed by atoms with Crippen LogP contribution in [-0.2, 0) is 30.5 Å². The predicted octanol–water partition coefficient (Wildman–Crippen LogP) is 6.06. The second-order valence-corrected chi connectivity index (χ2v) is 15.3. The van der Waals surface area contributed by atoms with Crippen LogP contribution in [0.4, 0.5) is 5.69 Å². The normalized spacial score (nSPS) is 25.7. The summed E-state index contributed by atoms with van der Waals surface area (Å²) < 4.78 is 13.4. The quantitative estimate of drug-likeness (QED) is 0.0967. The number of likely N-dealkylation sites (tertiary alicyclic amines) is 1. The minimum absolute atomic E-state index is 0.0327. The second-order valence-electron chi connectivity index (χ2n) is 15.3. The number of hydrogen-bond donors (Lipinski definition) is 5. The number of amides is 3. The van der Waals surface area contributed by atoms with Crippen molar-refractivity contribution in [3.05, 3.63) is 65.2 Å². The minimum atomic E-state index is -0.695. The van der Waals surface area contributed by atoms with Crippen LogP contribution in [0.25, 0.3) is 0 Å². The highest BCUT2D eigenvalue weighted by atomic mass is 16.7. The van der Waals surface area contributed by atoms with E-state index in [0.29, 0.717) is 56.3 Å². The smallest absolute Gasteiger partial charge is 0.243 e. The van der Waals surface area contributed by atoms with Crippen molar-refractivity contribution in [1.29, 1.82) is 0 Å². The summed E-state index contributed by atoms with van der Waals surface area (Å²) in [6.07, 6.45) is 8.50. The lowest BCUT2D eigenvalue weighted by Gasteiger charge is -2.50. The van der Waals surface area contributed by atoms with Gasteiger partial charge in [-0.1, -0.05) is 55.7 Å². The lowest BCUT2D eigenvalue weighted by Crippen LogP contribution is -2.61. The van der Waals surface area contributed by atoms with Crippen molar-refractivity contribution in [1.82, 2.24) is 15.7 Å². The molecule has 2 aromatic rings. The third-order valence-corrected chi connectivity index (χ3v) is 10.2. The van der Waals surface area contributed by atoms with E-state index in [1.54, 1.807) is 5.48 Å². The summed E-state index contributed by atoms with van der Waals surface area (Å²) in [6.45, 7) is 6.66. The maximum atomic E-state index is 13.7. The van der Waals surface area contributed by atoms with Gasteiger partial charge in [0, 0.05) is 48.6 Å². The predicted molar refractivity (Wildman–Crippen MR) is 190 cm³/mol. The molecule has 3 aliphatic rings. The molecule has 0 unspecified atom stereocenters. The lowest BCUT2D eigenvalue weighted by molar-refractivity contribution is -0.255. The highest BCUT2D eigenvalue weighted by Crippen LogP contribution is 2.42. The molecule has 1 saturated carbocycles. The van der Waals surface area contributed by atoms with Crippen molar-refractivity contribution in [3.8, 4) is 0 Å². The molecular formula is C39H56N4O7. The Kier molecular flexibility index (Phi) is 13.4. The van der Waals surface area contributed by atoms with Gasteiger partial charge in [-0.3, -0.25) is 24.5 Å². The van der Waals surface area contributed by atoms with E-state index in [1.807, 2.05) is 69.3 Å². The van der Waals surface area contributed by atoms with Gasteiger partial charge in [-0.15, -0.1) is 0 Å². The maximum absolute atomic E-state index is 13.7. The van der Waals surface area contributed by atoms with E-state index in [0.717, 1.165) is 36.0 Å². The van der Waals surface area contributed by atoms with Gasteiger partial charge in [0.25, 0.3) is 0 Å². The average molecular weight is 693 g/mol. The molecule has 5 rings (SSSR count). The molecule has 3 fully saturated rings. The van der Waals surface area contributed by atoms with Gasteiger partial charge in [0.2, 0.25) is 17.7 Å². The van der Waals surface area contributed by atoms with E-state index in [-0.39, 0.29) is 48.6 Å². The van der Waals surface area contributed by atoms with Crippen molar-refractivity contribution >= 4 is 23.4 Å². The number of carbonyl (C=O) groups excluding carboxylic acids is 3. The molecule has 274 valence electrons. The molecule has 0 radical (unpaired) electrons. The molecule has 0 bridgehead atoms. The van der Waals surface area contributed by atoms with Crippen molar-refractivity contribution in [2.45, 2.75) is 141 Å². The van der Waals surface area contributed by atoms with Crippen LogP contribution in [0, 0.1) is 5.92 Å². The first-order valence-electron chi connectivity index (χ1n) is 18.4. The zero-order chi connectivity index (χ0) is 35.7. The molecule has 1 aliphatic carbocycles. The molecule has 0 spiro atoms. The maximum Gasteiger partial charge on any atom is 0.243 e. The fourth-order valence-corrected chi connectivity index (χ4v) is 7.79. The number of aliphatic hydroxyl groups is 1. The Morgan fingerprint density at radius 3 is 2.34 bits per heavy atom. The van der Waals surface area contributed by atoms with Crippen LogP contribution in [0.2, 0.25) is 0 Å². The van der Waals surface area contributed by atoms with Crippen molar-refractivity contribution in [3.63, 3.8) is 0 Å². The number of rotatable bonds is 13. The monoisotopic (exact) mass is 692 g/mol. The summed E-state index contributed by atoms with van der Waals surface area (Å²) in [5, 5.41) is 24.5. The molecular weight excluding hydrogens is 636 g/mol. The minimum Gasteiger partial charge on any atom is -0.392 e. The topological polar surface area (TPSA) is 149 Å². The van der Waals surface area contributed by atoms with E-state index in [1.165, 1.54) is 19.3 Å². The third-order valence-electron chi connectivity index (χ3n) is 10.2. The fraction of sp³-hybridized carbons (Fsp3) is 0.615. The zero-order valence-electron chi connectivity index (χ0n) is 29.9. The van der Waals surface area contributed by atoms with Crippen LogP contribution in [0.15, 0.2) is 48.5 Å². The van der Waals surface area contributed by atoms with Gasteiger partial charge < -0.3 is 25.2 Å². The summed E-state index contributed by atoms with van der Waals surface area (Å²) >= 11 is 0. The molecule has 2 aliphatic heterocycles. The van der Waals surface area contributed by atoms with Crippen LogP contribution in [0.1, 0.15) is 127 Å². The SMILES string of the molecule is CC(C)(C)NC(=O)[C@H]1CC[C@H]2CCCC[C@H]2N1C[C@H]1C[C@@H](c2ccc(CO)cc2)O[C@@H](c2cccc(NC(=O)CCCCCC(=O)NO)c2)O1. The average Bonchev–Trinajstić information content (AvgIpc) is 3.10. The summed E-state index contributed by atoms with van der Waals surface area (Å²) in [6, 6.07) is 15.5. The Hall–Kier alpha value is -3.35. The largest absolute Gasteiger partial charge is 0.392 e. The summed E-state index contributed by atoms with van der Waals surface area (Å²) in [7, 11) is 0. The summed E-state index contributed by atoms with van der Waals surface area (Å²) in [5.41, 5.74) is 4.57. The molecule has 11 nitrogen and oxygen atoms in total. The van der Waals surface area contributed by atoms with E-state index >= 15 is 0 Å². The van der Waals surface area contributed by atoms with Crippen LogP contribution < -0.4 is 16.1 Å². The molecule has 2 aromatic carbocycles. The molecule has 50 heavy (non-hydrogen) atoms. The molecule has 2 saturated heterocycles. The Morgan fingerprint density at radius 1 is 0.880 bits per heavy atom. The summed E-state index contributed by atoms with van der Waals surface area (Å²) in [4.78, 5) is 40.2. The third kappa shape index (κ3) is 10.6. The number of nitrogens with zero attached hydrogens (tertiary/aromatic N) is 1. The number of anilines is 1. The highest BCUT2D eigenvalue weighted by molar-refractivity contribution is 5.90. The van der Waals surface area contributed by atoms with Crippen molar-refractivity contribution in [2.75, 3.05) is 11.9 Å². The van der Waals surface area contributed by atoms with E-state index in [9.17, 15) is 19.5 Å². The van der Waals surface area contributed by atoms with E-state index < -0.39 is 12.2 Å². The molecule has 11 heteroatoms. The van der Waals surface area contributed by atoms with Crippen LogP contribution in [-0.4, -0.2) is 63.2 Å². The van der Waals surface area contributed by atoms with Gasteiger partial charge in [-0.25, -0.2) is 5.48 Å². The number of ether oxygens (including phenoxy) is 2. The fourth-order valence-electron chi connectivity index (χ4n) is 7.79. The number of carbonyl (C=O) groups is 3. The lowest BCUT2D eigenvalue weighted by atomic mass is 9.75. The Morgan fingerprint density at radius 2 is 1.62 bits per heavy atom. The van der Waals surface area contributed by atoms with Gasteiger partial charge in [0.1, 0.15) is 0 Å². The highest BCUT2D eigenvalue weighted by Gasteiger charge is 2.44. The van der Waals surface area contributed by atoms with Gasteiger partial charge >= 0.3 is 0 Å². The molecule has 3 amide bonds. The Balaban J connectivity index is 1.33. The van der Waals surface area contributed by atoms with Crippen LogP contribution >= 0.6 is 0 Å². The number of fused-ring (bicyclic) bond motifs is 1. The van der Waals surface area contributed by atoms with Crippen LogP contribution in [0.3, 0.4) is 0 Å². The molecule has 0 aromatic heterocycles. The Bertz CT molecular complexity index is 1430. The number of benzene rings is 2. The second kappa shape index (κ2) is 17.7. The number of aliphatic hydroxyl groups excluding tert-OH is 1.